The highest BCUT2D eigenvalue weighted by atomic mass is 79.9. The first kappa shape index (κ1) is 20.1. The van der Waals surface area contributed by atoms with E-state index in [1.807, 2.05) is 32.0 Å². The van der Waals surface area contributed by atoms with Gasteiger partial charge in [0.2, 0.25) is 0 Å². The van der Waals surface area contributed by atoms with Crippen LogP contribution in [0, 0.1) is 5.82 Å². The van der Waals surface area contributed by atoms with Crippen LogP contribution in [0.4, 0.5) is 4.39 Å². The zero-order valence-corrected chi connectivity index (χ0v) is 17.3. The molecular formula is C22H21BrFNO3. The van der Waals surface area contributed by atoms with Crippen molar-refractivity contribution in [3.8, 4) is 28.4 Å². The van der Waals surface area contributed by atoms with Gasteiger partial charge in [-0.15, -0.1) is 0 Å². The quantitative estimate of drug-likeness (QED) is 0.424. The zero-order chi connectivity index (χ0) is 19.9. The number of halogens is 2. The van der Waals surface area contributed by atoms with Crippen LogP contribution in [0.2, 0.25) is 0 Å². The van der Waals surface area contributed by atoms with Crippen LogP contribution in [0.25, 0.3) is 11.1 Å². The Hall–Kier alpha value is -2.60. The van der Waals surface area contributed by atoms with E-state index in [1.165, 1.54) is 0 Å². The van der Waals surface area contributed by atoms with Gasteiger partial charge in [0.1, 0.15) is 6.61 Å². The van der Waals surface area contributed by atoms with Crippen LogP contribution in [0.15, 0.2) is 59.3 Å². The molecule has 0 aliphatic carbocycles. The molecule has 0 bridgehead atoms. The maximum atomic E-state index is 14.9. The van der Waals surface area contributed by atoms with Crippen molar-refractivity contribution in [1.29, 1.82) is 0 Å². The van der Waals surface area contributed by atoms with E-state index in [4.69, 9.17) is 14.2 Å². The number of aromatic nitrogens is 1. The molecule has 0 saturated carbocycles. The van der Waals surface area contributed by atoms with E-state index in [2.05, 4.69) is 20.9 Å². The van der Waals surface area contributed by atoms with Crippen molar-refractivity contribution in [3.63, 3.8) is 0 Å². The van der Waals surface area contributed by atoms with Crippen molar-refractivity contribution < 1.29 is 18.6 Å². The van der Waals surface area contributed by atoms with E-state index in [1.54, 1.807) is 36.7 Å². The number of nitrogens with zero attached hydrogens (tertiary/aromatic N) is 1. The molecule has 0 atom stereocenters. The maximum Gasteiger partial charge on any atom is 0.172 e. The summed E-state index contributed by atoms with van der Waals surface area (Å²) < 4.78 is 32.8. The van der Waals surface area contributed by atoms with Crippen LogP contribution in [0.5, 0.6) is 17.2 Å². The smallest absolute Gasteiger partial charge is 0.172 e. The second-order valence-corrected chi connectivity index (χ2v) is 6.76. The Morgan fingerprint density at radius 1 is 0.929 bits per heavy atom. The van der Waals surface area contributed by atoms with Gasteiger partial charge in [-0.25, -0.2) is 4.39 Å². The summed E-state index contributed by atoms with van der Waals surface area (Å²) in [5.41, 5.74) is 1.98. The van der Waals surface area contributed by atoms with Gasteiger partial charge in [-0.2, -0.15) is 0 Å². The second kappa shape index (κ2) is 9.55. The van der Waals surface area contributed by atoms with Gasteiger partial charge < -0.3 is 14.2 Å². The minimum Gasteiger partial charge on any atom is -0.490 e. The van der Waals surface area contributed by atoms with Crippen LogP contribution >= 0.6 is 15.9 Å². The SMILES string of the molecule is CCOc1cc(Br)c(COc2cccc(-c3cccnc3)c2F)cc1OCC. The monoisotopic (exact) mass is 445 g/mol. The summed E-state index contributed by atoms with van der Waals surface area (Å²) in [4.78, 5) is 4.05. The molecule has 0 spiro atoms. The summed E-state index contributed by atoms with van der Waals surface area (Å²) in [7, 11) is 0. The molecule has 0 aliphatic heterocycles. The van der Waals surface area contributed by atoms with Crippen LogP contribution in [0.1, 0.15) is 19.4 Å². The summed E-state index contributed by atoms with van der Waals surface area (Å²) in [6, 6.07) is 12.4. The van der Waals surface area contributed by atoms with E-state index in [0.717, 1.165) is 10.0 Å². The normalized spacial score (nSPS) is 10.6. The molecule has 1 heterocycles. The average molecular weight is 446 g/mol. The first-order valence-corrected chi connectivity index (χ1v) is 9.83. The van der Waals surface area contributed by atoms with Gasteiger partial charge in [-0.3, -0.25) is 4.98 Å². The van der Waals surface area contributed by atoms with Crippen molar-refractivity contribution in [2.24, 2.45) is 0 Å². The summed E-state index contributed by atoms with van der Waals surface area (Å²) >= 11 is 3.53. The second-order valence-electron chi connectivity index (χ2n) is 5.90. The van der Waals surface area contributed by atoms with Crippen molar-refractivity contribution in [1.82, 2.24) is 4.98 Å². The number of pyridine rings is 1. The zero-order valence-electron chi connectivity index (χ0n) is 15.7. The number of hydrogen-bond acceptors (Lipinski definition) is 4. The molecule has 0 aliphatic rings. The standard InChI is InChI=1S/C22H21BrFNO3/c1-3-26-20-11-16(18(23)12-21(20)27-4-2)14-28-19-9-5-8-17(22(19)24)15-7-6-10-25-13-15/h5-13H,3-4,14H2,1-2H3. The summed E-state index contributed by atoms with van der Waals surface area (Å²) in [5, 5.41) is 0. The van der Waals surface area contributed by atoms with Gasteiger partial charge in [0.15, 0.2) is 23.1 Å². The fourth-order valence-corrected chi connectivity index (χ4v) is 3.18. The third kappa shape index (κ3) is 4.62. The summed E-state index contributed by atoms with van der Waals surface area (Å²) in [6.45, 7) is 5.06. The van der Waals surface area contributed by atoms with Crippen LogP contribution in [-0.4, -0.2) is 18.2 Å². The minimum absolute atomic E-state index is 0.181. The number of hydrogen-bond donors (Lipinski definition) is 0. The molecule has 0 unspecified atom stereocenters. The number of benzene rings is 2. The van der Waals surface area contributed by atoms with Crippen LogP contribution < -0.4 is 14.2 Å². The van der Waals surface area contributed by atoms with Gasteiger partial charge in [0.25, 0.3) is 0 Å². The van der Waals surface area contributed by atoms with Crippen molar-refractivity contribution in [2.45, 2.75) is 20.5 Å². The predicted molar refractivity (Wildman–Crippen MR) is 110 cm³/mol. The fourth-order valence-electron chi connectivity index (χ4n) is 2.75. The highest BCUT2D eigenvalue weighted by Crippen LogP contribution is 2.35. The Morgan fingerprint density at radius 3 is 2.36 bits per heavy atom. The van der Waals surface area contributed by atoms with E-state index < -0.39 is 5.82 Å². The lowest BCUT2D eigenvalue weighted by Gasteiger charge is -2.15. The van der Waals surface area contributed by atoms with Gasteiger partial charge in [0.05, 0.1) is 13.2 Å². The third-order valence-electron chi connectivity index (χ3n) is 4.03. The lowest BCUT2D eigenvalue weighted by atomic mass is 10.1. The Bertz CT molecular complexity index is 935. The van der Waals surface area contributed by atoms with E-state index in [0.29, 0.717) is 35.8 Å². The molecule has 3 aromatic rings. The molecular weight excluding hydrogens is 425 g/mol. The molecule has 0 N–H and O–H groups in total. The molecule has 6 heteroatoms. The summed E-state index contributed by atoms with van der Waals surface area (Å²) in [6.07, 6.45) is 3.28. The Labute approximate surface area is 172 Å². The lowest BCUT2D eigenvalue weighted by Crippen LogP contribution is -2.03. The highest BCUT2D eigenvalue weighted by molar-refractivity contribution is 9.10. The van der Waals surface area contributed by atoms with Crippen molar-refractivity contribution >= 4 is 15.9 Å². The molecule has 4 nitrogen and oxygen atoms in total. The molecule has 0 amide bonds. The fraction of sp³-hybridized carbons (Fsp3) is 0.227. The van der Waals surface area contributed by atoms with Gasteiger partial charge >= 0.3 is 0 Å². The topological polar surface area (TPSA) is 40.6 Å². The summed E-state index contributed by atoms with van der Waals surface area (Å²) in [5.74, 6) is 1.06. The van der Waals surface area contributed by atoms with Crippen LogP contribution in [-0.2, 0) is 6.61 Å². The first-order chi connectivity index (χ1) is 13.6. The number of rotatable bonds is 8. The average Bonchev–Trinajstić information content (AvgIpc) is 2.71. The van der Waals surface area contributed by atoms with Crippen molar-refractivity contribution in [2.75, 3.05) is 13.2 Å². The van der Waals surface area contributed by atoms with Crippen molar-refractivity contribution in [3.05, 3.63) is 70.7 Å². The maximum absolute atomic E-state index is 14.9. The first-order valence-electron chi connectivity index (χ1n) is 9.03. The molecule has 3 rings (SSSR count). The lowest BCUT2D eigenvalue weighted by molar-refractivity contribution is 0.278. The molecule has 2 aromatic carbocycles. The Kier molecular flexibility index (Phi) is 6.87. The van der Waals surface area contributed by atoms with E-state index >= 15 is 0 Å². The minimum atomic E-state index is -0.414. The molecule has 1 aromatic heterocycles. The Morgan fingerprint density at radius 2 is 1.68 bits per heavy atom. The van der Waals surface area contributed by atoms with Gasteiger partial charge in [-0.05, 0) is 38.1 Å². The molecule has 28 heavy (non-hydrogen) atoms. The van der Waals surface area contributed by atoms with Crippen LogP contribution in [0.3, 0.4) is 0 Å². The molecule has 0 saturated heterocycles. The number of ether oxygens (including phenoxy) is 3. The van der Waals surface area contributed by atoms with E-state index in [-0.39, 0.29) is 12.4 Å². The largest absolute Gasteiger partial charge is 0.490 e. The van der Waals surface area contributed by atoms with E-state index in [9.17, 15) is 4.39 Å². The van der Waals surface area contributed by atoms with Gasteiger partial charge in [-0.1, -0.05) is 34.1 Å². The third-order valence-corrected chi connectivity index (χ3v) is 4.77. The molecule has 146 valence electrons. The molecule has 0 radical (unpaired) electrons. The van der Waals surface area contributed by atoms with Gasteiger partial charge in [0, 0.05) is 33.6 Å². The molecule has 0 fully saturated rings. The highest BCUT2D eigenvalue weighted by Gasteiger charge is 2.14. The Balaban J connectivity index is 1.83. The predicted octanol–water partition coefficient (Wildman–Crippen LogP) is 6.03.